The average Bonchev–Trinajstić information content (AvgIpc) is 2.77. The van der Waals surface area contributed by atoms with E-state index >= 15 is 0 Å². The molecule has 2 saturated heterocycles. The minimum absolute atomic E-state index is 0.0469. The third-order valence-electron chi connectivity index (χ3n) is 5.97. The second-order valence-corrected chi connectivity index (χ2v) is 8.99. The maximum Gasteiger partial charge on any atom is 0.225 e. The SMILES string of the molecule is CCCCC(=O)N1CCOC(COc2cccc(Cl)c2)(CC(=O)N2CCN(C)CC2)C1. The van der Waals surface area contributed by atoms with Gasteiger partial charge in [0.05, 0.1) is 19.6 Å². The molecule has 2 heterocycles. The van der Waals surface area contributed by atoms with Crippen molar-refractivity contribution in [2.75, 3.05) is 59.5 Å². The molecule has 0 saturated carbocycles. The molecule has 172 valence electrons. The normalized spacial score (nSPS) is 22.4. The Kier molecular flexibility index (Phi) is 8.58. The fourth-order valence-corrected chi connectivity index (χ4v) is 4.18. The van der Waals surface area contributed by atoms with E-state index in [1.54, 1.807) is 12.1 Å². The average molecular weight is 452 g/mol. The Bertz CT molecular complexity index is 754. The van der Waals surface area contributed by atoms with Crippen LogP contribution in [0.3, 0.4) is 0 Å². The Morgan fingerprint density at radius 3 is 2.61 bits per heavy atom. The first-order chi connectivity index (χ1) is 14.9. The largest absolute Gasteiger partial charge is 0.490 e. The second kappa shape index (κ2) is 11.2. The van der Waals surface area contributed by atoms with E-state index in [9.17, 15) is 9.59 Å². The van der Waals surface area contributed by atoms with Crippen molar-refractivity contribution in [3.05, 3.63) is 29.3 Å². The van der Waals surface area contributed by atoms with Crippen LogP contribution in [0.1, 0.15) is 32.6 Å². The number of likely N-dealkylation sites (N-methyl/N-ethyl adjacent to an activating group) is 1. The summed E-state index contributed by atoms with van der Waals surface area (Å²) in [5, 5.41) is 0.584. The van der Waals surface area contributed by atoms with Crippen molar-refractivity contribution in [2.45, 2.75) is 38.2 Å². The molecule has 1 atom stereocenters. The van der Waals surface area contributed by atoms with Gasteiger partial charge in [0.25, 0.3) is 0 Å². The maximum absolute atomic E-state index is 13.1. The lowest BCUT2D eigenvalue weighted by Gasteiger charge is -2.43. The third kappa shape index (κ3) is 6.82. The van der Waals surface area contributed by atoms with Crippen LogP contribution in [0, 0.1) is 0 Å². The van der Waals surface area contributed by atoms with Crippen molar-refractivity contribution in [1.29, 1.82) is 0 Å². The van der Waals surface area contributed by atoms with Crippen molar-refractivity contribution >= 4 is 23.4 Å². The highest BCUT2D eigenvalue weighted by atomic mass is 35.5. The fraction of sp³-hybridized carbons (Fsp3) is 0.652. The predicted molar refractivity (Wildman–Crippen MR) is 120 cm³/mol. The van der Waals surface area contributed by atoms with Crippen LogP contribution in [0.25, 0.3) is 0 Å². The highest BCUT2D eigenvalue weighted by Gasteiger charge is 2.42. The monoisotopic (exact) mass is 451 g/mol. The first kappa shape index (κ1) is 23.8. The van der Waals surface area contributed by atoms with E-state index in [-0.39, 0.29) is 24.8 Å². The van der Waals surface area contributed by atoms with Crippen LogP contribution in [-0.4, -0.2) is 91.6 Å². The summed E-state index contributed by atoms with van der Waals surface area (Å²) in [7, 11) is 2.06. The summed E-state index contributed by atoms with van der Waals surface area (Å²) >= 11 is 6.08. The standard InChI is InChI=1S/C23H34ClN3O4/c1-3-4-8-21(28)27-13-14-31-23(17-27,18-30-20-7-5-6-19(24)15-20)16-22(29)26-11-9-25(2)10-12-26/h5-7,15H,3-4,8-14,16-18H2,1-2H3. The Balaban J connectivity index is 1.72. The zero-order chi connectivity index (χ0) is 22.3. The number of carbonyl (C=O) groups is 2. The summed E-state index contributed by atoms with van der Waals surface area (Å²) in [6, 6.07) is 7.17. The maximum atomic E-state index is 13.1. The summed E-state index contributed by atoms with van der Waals surface area (Å²) in [4.78, 5) is 31.8. The second-order valence-electron chi connectivity index (χ2n) is 8.56. The predicted octanol–water partition coefficient (Wildman–Crippen LogP) is 2.67. The van der Waals surface area contributed by atoms with Crippen molar-refractivity contribution in [3.63, 3.8) is 0 Å². The Morgan fingerprint density at radius 2 is 1.90 bits per heavy atom. The molecule has 1 unspecified atom stereocenters. The highest BCUT2D eigenvalue weighted by Crippen LogP contribution is 2.27. The quantitative estimate of drug-likeness (QED) is 0.608. The summed E-state index contributed by atoms with van der Waals surface area (Å²) in [6.45, 7) is 6.70. The molecule has 8 heteroatoms. The molecule has 1 aromatic rings. The van der Waals surface area contributed by atoms with Crippen LogP contribution >= 0.6 is 11.6 Å². The van der Waals surface area contributed by atoms with Gasteiger partial charge in [-0.05, 0) is 31.7 Å². The van der Waals surface area contributed by atoms with E-state index in [4.69, 9.17) is 21.1 Å². The van der Waals surface area contributed by atoms with E-state index in [1.807, 2.05) is 21.9 Å². The smallest absolute Gasteiger partial charge is 0.225 e. The Morgan fingerprint density at radius 1 is 1.13 bits per heavy atom. The fourth-order valence-electron chi connectivity index (χ4n) is 4.00. The van der Waals surface area contributed by atoms with Crippen molar-refractivity contribution in [3.8, 4) is 5.75 Å². The molecule has 1 aromatic carbocycles. The zero-order valence-corrected chi connectivity index (χ0v) is 19.4. The molecule has 0 spiro atoms. The van der Waals surface area contributed by atoms with E-state index < -0.39 is 5.60 Å². The van der Waals surface area contributed by atoms with Gasteiger partial charge in [0, 0.05) is 44.2 Å². The molecule has 0 aliphatic carbocycles. The Labute approximate surface area is 190 Å². The highest BCUT2D eigenvalue weighted by molar-refractivity contribution is 6.30. The van der Waals surface area contributed by atoms with Gasteiger partial charge < -0.3 is 24.2 Å². The molecular weight excluding hydrogens is 418 g/mol. The molecule has 31 heavy (non-hydrogen) atoms. The van der Waals surface area contributed by atoms with Crippen LogP contribution in [-0.2, 0) is 14.3 Å². The lowest BCUT2D eigenvalue weighted by Crippen LogP contribution is -2.59. The summed E-state index contributed by atoms with van der Waals surface area (Å²) < 4.78 is 12.2. The lowest BCUT2D eigenvalue weighted by atomic mass is 9.96. The van der Waals surface area contributed by atoms with Crippen LogP contribution in [0.15, 0.2) is 24.3 Å². The van der Waals surface area contributed by atoms with Gasteiger partial charge >= 0.3 is 0 Å². The first-order valence-electron chi connectivity index (χ1n) is 11.2. The molecule has 7 nitrogen and oxygen atoms in total. The van der Waals surface area contributed by atoms with Gasteiger partial charge in [0.1, 0.15) is 18.0 Å². The van der Waals surface area contributed by atoms with Gasteiger partial charge in [-0.25, -0.2) is 0 Å². The van der Waals surface area contributed by atoms with Gasteiger partial charge in [-0.3, -0.25) is 9.59 Å². The number of nitrogens with zero attached hydrogens (tertiary/aromatic N) is 3. The summed E-state index contributed by atoms with van der Waals surface area (Å²) in [6.07, 6.45) is 2.55. The summed E-state index contributed by atoms with van der Waals surface area (Å²) in [5.41, 5.74) is -0.872. The lowest BCUT2D eigenvalue weighted by molar-refractivity contribution is -0.166. The van der Waals surface area contributed by atoms with Crippen molar-refractivity contribution in [2.24, 2.45) is 0 Å². The molecule has 0 N–H and O–H groups in total. The number of ether oxygens (including phenoxy) is 2. The molecular formula is C23H34ClN3O4. The number of carbonyl (C=O) groups excluding carboxylic acids is 2. The molecule has 0 aromatic heterocycles. The number of rotatable bonds is 8. The molecule has 2 fully saturated rings. The van der Waals surface area contributed by atoms with Gasteiger partial charge in [-0.2, -0.15) is 0 Å². The molecule has 2 aliphatic rings. The van der Waals surface area contributed by atoms with Crippen molar-refractivity contribution < 1.29 is 19.1 Å². The van der Waals surface area contributed by atoms with E-state index in [1.165, 1.54) is 0 Å². The van der Waals surface area contributed by atoms with Crippen LogP contribution < -0.4 is 4.74 Å². The molecule has 0 radical (unpaired) electrons. The molecule has 2 amide bonds. The number of halogens is 1. The van der Waals surface area contributed by atoms with Gasteiger partial charge in [0.2, 0.25) is 11.8 Å². The van der Waals surface area contributed by atoms with Gasteiger partial charge in [-0.1, -0.05) is 31.0 Å². The molecule has 0 bridgehead atoms. The van der Waals surface area contributed by atoms with Crippen molar-refractivity contribution in [1.82, 2.24) is 14.7 Å². The summed E-state index contributed by atoms with van der Waals surface area (Å²) in [5.74, 6) is 0.784. The Hall–Kier alpha value is -1.83. The van der Waals surface area contributed by atoms with Crippen LogP contribution in [0.2, 0.25) is 5.02 Å². The number of benzene rings is 1. The minimum Gasteiger partial charge on any atom is -0.490 e. The number of piperazine rings is 1. The molecule has 3 rings (SSSR count). The van der Waals surface area contributed by atoms with E-state index in [0.717, 1.165) is 25.9 Å². The topological polar surface area (TPSA) is 62.3 Å². The zero-order valence-electron chi connectivity index (χ0n) is 18.6. The number of morpholine rings is 1. The van der Waals surface area contributed by atoms with E-state index in [2.05, 4.69) is 18.9 Å². The third-order valence-corrected chi connectivity index (χ3v) is 6.21. The minimum atomic E-state index is -0.872. The van der Waals surface area contributed by atoms with Crippen LogP contribution in [0.4, 0.5) is 0 Å². The van der Waals surface area contributed by atoms with Gasteiger partial charge in [-0.15, -0.1) is 0 Å². The van der Waals surface area contributed by atoms with E-state index in [0.29, 0.717) is 50.0 Å². The van der Waals surface area contributed by atoms with Crippen LogP contribution in [0.5, 0.6) is 5.75 Å². The van der Waals surface area contributed by atoms with Gasteiger partial charge in [0.15, 0.2) is 0 Å². The number of hydrogen-bond donors (Lipinski definition) is 0. The number of amides is 2. The first-order valence-corrected chi connectivity index (χ1v) is 11.5. The number of unbranched alkanes of at least 4 members (excludes halogenated alkanes) is 1. The number of hydrogen-bond acceptors (Lipinski definition) is 5. The molecule has 2 aliphatic heterocycles.